The highest BCUT2D eigenvalue weighted by molar-refractivity contribution is 5.71. The average Bonchev–Trinajstić information content (AvgIpc) is 2.39. The lowest BCUT2D eigenvalue weighted by Crippen LogP contribution is -2.26. The highest BCUT2D eigenvalue weighted by Gasteiger charge is 2.21. The number of carboxylic acid groups (broad SMARTS) is 1. The van der Waals surface area contributed by atoms with Crippen LogP contribution in [0.5, 0.6) is 0 Å². The molecule has 1 N–H and O–H groups in total. The van der Waals surface area contributed by atoms with Gasteiger partial charge < -0.3 is 14.6 Å². The molecule has 0 radical (unpaired) electrons. The topological polar surface area (TPSA) is 55.8 Å². The lowest BCUT2D eigenvalue weighted by atomic mass is 10.3. The van der Waals surface area contributed by atoms with Crippen LogP contribution in [-0.4, -0.2) is 36.5 Å². The molecule has 1 heterocycles. The van der Waals surface area contributed by atoms with Crippen LogP contribution in [0.15, 0.2) is 0 Å². The number of rotatable bonds is 3. The third kappa shape index (κ3) is 2.48. The fraction of sp³-hybridized carbons (Fsp3) is 0.857. The van der Waals surface area contributed by atoms with Crippen LogP contribution in [-0.2, 0) is 14.3 Å². The Morgan fingerprint density at radius 1 is 1.82 bits per heavy atom. The Morgan fingerprint density at radius 2 is 2.55 bits per heavy atom. The fourth-order valence-corrected chi connectivity index (χ4v) is 0.967. The van der Waals surface area contributed by atoms with Crippen molar-refractivity contribution >= 4 is 5.97 Å². The second-order valence-corrected chi connectivity index (χ2v) is 2.60. The molecule has 4 nitrogen and oxygen atoms in total. The molecular formula is C7H12O4. The van der Waals surface area contributed by atoms with Crippen molar-refractivity contribution in [3.8, 4) is 0 Å². The first-order valence-electron chi connectivity index (χ1n) is 3.66. The Hall–Kier alpha value is -0.610. The third-order valence-electron chi connectivity index (χ3n) is 1.63. The second kappa shape index (κ2) is 3.69. The summed E-state index contributed by atoms with van der Waals surface area (Å²) < 4.78 is 10.2. The molecule has 1 saturated heterocycles. The largest absolute Gasteiger partial charge is 0.479 e. The molecule has 0 spiro atoms. The normalized spacial score (nSPS) is 26.8. The van der Waals surface area contributed by atoms with Gasteiger partial charge in [-0.15, -0.1) is 0 Å². The maximum absolute atomic E-state index is 10.3. The first-order chi connectivity index (χ1) is 5.20. The van der Waals surface area contributed by atoms with Gasteiger partial charge in [0.1, 0.15) is 0 Å². The molecule has 0 saturated carbocycles. The van der Waals surface area contributed by atoms with E-state index in [1.807, 2.05) is 0 Å². The summed E-state index contributed by atoms with van der Waals surface area (Å²) in [4.78, 5) is 10.3. The smallest absolute Gasteiger partial charge is 0.332 e. The molecule has 1 rings (SSSR count). The highest BCUT2D eigenvalue weighted by Crippen LogP contribution is 2.10. The van der Waals surface area contributed by atoms with E-state index in [0.717, 1.165) is 6.42 Å². The Morgan fingerprint density at radius 3 is 3.00 bits per heavy atom. The van der Waals surface area contributed by atoms with Gasteiger partial charge in [0.2, 0.25) is 0 Å². The summed E-state index contributed by atoms with van der Waals surface area (Å²) in [6.45, 7) is 2.73. The van der Waals surface area contributed by atoms with Crippen molar-refractivity contribution in [2.24, 2.45) is 0 Å². The van der Waals surface area contributed by atoms with Crippen LogP contribution < -0.4 is 0 Å². The van der Waals surface area contributed by atoms with E-state index in [1.165, 1.54) is 6.92 Å². The Bertz CT molecular complexity index is 139. The molecule has 0 aromatic carbocycles. The van der Waals surface area contributed by atoms with E-state index in [9.17, 15) is 4.79 Å². The standard InChI is InChI=1S/C7H12O4/c1-5(7(8)9)11-6-2-3-10-4-6/h5-6H,2-4H2,1H3,(H,8,9)/t5?,6-/m1/s1. The van der Waals surface area contributed by atoms with Gasteiger partial charge in [-0.05, 0) is 13.3 Å². The van der Waals surface area contributed by atoms with Gasteiger partial charge in [0.05, 0.1) is 12.7 Å². The maximum atomic E-state index is 10.3. The molecule has 1 aliphatic heterocycles. The summed E-state index contributed by atoms with van der Waals surface area (Å²) in [5, 5.41) is 8.48. The molecule has 64 valence electrons. The molecule has 0 aromatic heterocycles. The Kier molecular flexibility index (Phi) is 2.84. The Balaban J connectivity index is 2.23. The van der Waals surface area contributed by atoms with Gasteiger partial charge in [-0.25, -0.2) is 4.79 Å². The predicted molar refractivity (Wildman–Crippen MR) is 37.4 cm³/mol. The van der Waals surface area contributed by atoms with Crippen LogP contribution in [0.4, 0.5) is 0 Å². The summed E-state index contributed by atoms with van der Waals surface area (Å²) in [7, 11) is 0. The molecule has 4 heteroatoms. The first-order valence-corrected chi connectivity index (χ1v) is 3.66. The van der Waals surface area contributed by atoms with Gasteiger partial charge in [-0.1, -0.05) is 0 Å². The quantitative estimate of drug-likeness (QED) is 0.643. The number of ether oxygens (including phenoxy) is 2. The minimum absolute atomic E-state index is 0.0268. The van der Waals surface area contributed by atoms with Crippen molar-refractivity contribution in [3.05, 3.63) is 0 Å². The van der Waals surface area contributed by atoms with E-state index < -0.39 is 12.1 Å². The van der Waals surface area contributed by atoms with E-state index >= 15 is 0 Å². The van der Waals surface area contributed by atoms with Crippen LogP contribution in [0, 0.1) is 0 Å². The van der Waals surface area contributed by atoms with Crippen molar-refractivity contribution in [2.75, 3.05) is 13.2 Å². The van der Waals surface area contributed by atoms with Crippen molar-refractivity contribution < 1.29 is 19.4 Å². The minimum atomic E-state index is -0.920. The number of hydrogen-bond donors (Lipinski definition) is 1. The van der Waals surface area contributed by atoms with Gasteiger partial charge in [0, 0.05) is 6.61 Å². The van der Waals surface area contributed by atoms with Crippen LogP contribution >= 0.6 is 0 Å². The zero-order valence-electron chi connectivity index (χ0n) is 6.45. The van der Waals surface area contributed by atoms with E-state index in [4.69, 9.17) is 14.6 Å². The average molecular weight is 160 g/mol. The molecule has 1 aliphatic rings. The van der Waals surface area contributed by atoms with Crippen LogP contribution in [0.25, 0.3) is 0 Å². The maximum Gasteiger partial charge on any atom is 0.332 e. The van der Waals surface area contributed by atoms with Crippen LogP contribution in [0.2, 0.25) is 0 Å². The summed E-state index contributed by atoms with van der Waals surface area (Å²) in [5.41, 5.74) is 0. The summed E-state index contributed by atoms with van der Waals surface area (Å²) in [6, 6.07) is 0. The summed E-state index contributed by atoms with van der Waals surface area (Å²) in [5.74, 6) is -0.920. The van der Waals surface area contributed by atoms with Crippen molar-refractivity contribution in [1.29, 1.82) is 0 Å². The van der Waals surface area contributed by atoms with Crippen molar-refractivity contribution in [2.45, 2.75) is 25.6 Å². The molecular weight excluding hydrogens is 148 g/mol. The molecule has 2 atom stereocenters. The predicted octanol–water partition coefficient (Wildman–Crippen LogP) is 0.265. The van der Waals surface area contributed by atoms with Gasteiger partial charge in [0.15, 0.2) is 6.10 Å². The number of carbonyl (C=O) groups is 1. The molecule has 0 aliphatic carbocycles. The zero-order chi connectivity index (χ0) is 8.27. The molecule has 0 amide bonds. The number of aliphatic carboxylic acids is 1. The van der Waals surface area contributed by atoms with E-state index in [-0.39, 0.29) is 6.10 Å². The van der Waals surface area contributed by atoms with Gasteiger partial charge in [-0.3, -0.25) is 0 Å². The monoisotopic (exact) mass is 160 g/mol. The molecule has 1 unspecified atom stereocenters. The first kappa shape index (κ1) is 8.49. The van der Waals surface area contributed by atoms with Crippen LogP contribution in [0.1, 0.15) is 13.3 Å². The van der Waals surface area contributed by atoms with Crippen LogP contribution in [0.3, 0.4) is 0 Å². The summed E-state index contributed by atoms with van der Waals surface area (Å²) >= 11 is 0. The third-order valence-corrected chi connectivity index (χ3v) is 1.63. The van der Waals surface area contributed by atoms with Crippen molar-refractivity contribution in [3.63, 3.8) is 0 Å². The summed E-state index contributed by atoms with van der Waals surface area (Å²) in [6.07, 6.45) is 0.0558. The van der Waals surface area contributed by atoms with Crippen molar-refractivity contribution in [1.82, 2.24) is 0 Å². The molecule has 1 fully saturated rings. The number of hydrogen-bond acceptors (Lipinski definition) is 3. The highest BCUT2D eigenvalue weighted by atomic mass is 16.6. The number of carboxylic acids is 1. The zero-order valence-corrected chi connectivity index (χ0v) is 6.45. The molecule has 0 bridgehead atoms. The lowest BCUT2D eigenvalue weighted by molar-refractivity contribution is -0.152. The fourth-order valence-electron chi connectivity index (χ4n) is 0.967. The van der Waals surface area contributed by atoms with Gasteiger partial charge >= 0.3 is 5.97 Å². The minimum Gasteiger partial charge on any atom is -0.479 e. The van der Waals surface area contributed by atoms with E-state index in [2.05, 4.69) is 0 Å². The Labute approximate surface area is 65.1 Å². The SMILES string of the molecule is CC(O[C@@H]1CCOC1)C(=O)O. The molecule has 11 heavy (non-hydrogen) atoms. The van der Waals surface area contributed by atoms with E-state index in [1.54, 1.807) is 0 Å². The second-order valence-electron chi connectivity index (χ2n) is 2.60. The lowest BCUT2D eigenvalue weighted by Gasteiger charge is -2.12. The molecule has 0 aromatic rings. The van der Waals surface area contributed by atoms with Gasteiger partial charge in [0.25, 0.3) is 0 Å². The van der Waals surface area contributed by atoms with Gasteiger partial charge in [-0.2, -0.15) is 0 Å². The van der Waals surface area contributed by atoms with E-state index in [0.29, 0.717) is 13.2 Å².